The predicted molar refractivity (Wildman–Crippen MR) is 89.9 cm³/mol. The van der Waals surface area contributed by atoms with Gasteiger partial charge in [-0.15, -0.1) is 23.5 Å². The van der Waals surface area contributed by atoms with Gasteiger partial charge in [0.25, 0.3) is 0 Å². The van der Waals surface area contributed by atoms with Gasteiger partial charge in [0.05, 0.1) is 0 Å². The van der Waals surface area contributed by atoms with Crippen LogP contribution in [0.25, 0.3) is 0 Å². The highest BCUT2D eigenvalue weighted by Crippen LogP contribution is 2.12. The SMILES string of the molecule is CCNC(=O)CCCS/C=C\SCCCC(=O)NCC. The summed E-state index contributed by atoms with van der Waals surface area (Å²) in [7, 11) is 0. The van der Waals surface area contributed by atoms with Gasteiger partial charge in [0.15, 0.2) is 0 Å². The number of hydrogen-bond donors (Lipinski definition) is 2. The molecular formula is C14H26N2O2S2. The van der Waals surface area contributed by atoms with E-state index >= 15 is 0 Å². The van der Waals surface area contributed by atoms with E-state index in [1.54, 1.807) is 23.5 Å². The molecule has 0 heterocycles. The van der Waals surface area contributed by atoms with Gasteiger partial charge in [-0.3, -0.25) is 9.59 Å². The first-order chi connectivity index (χ1) is 9.70. The molecule has 0 saturated heterocycles. The summed E-state index contributed by atoms with van der Waals surface area (Å²) in [4.78, 5) is 22.4. The van der Waals surface area contributed by atoms with E-state index in [-0.39, 0.29) is 11.8 Å². The van der Waals surface area contributed by atoms with Crippen LogP contribution in [0.3, 0.4) is 0 Å². The van der Waals surface area contributed by atoms with Crippen molar-refractivity contribution in [3.05, 3.63) is 10.8 Å². The second-order valence-corrected chi connectivity index (χ2v) is 6.16. The topological polar surface area (TPSA) is 58.2 Å². The Morgan fingerprint density at radius 3 is 1.60 bits per heavy atom. The Balaban J connectivity index is 3.28. The Bertz CT molecular complexity index is 269. The van der Waals surface area contributed by atoms with Crippen molar-refractivity contribution < 1.29 is 9.59 Å². The van der Waals surface area contributed by atoms with Crippen LogP contribution >= 0.6 is 23.5 Å². The molecule has 0 aromatic heterocycles. The largest absolute Gasteiger partial charge is 0.356 e. The van der Waals surface area contributed by atoms with Crippen molar-refractivity contribution in [3.8, 4) is 0 Å². The molecule has 2 N–H and O–H groups in total. The number of carbonyl (C=O) groups is 2. The molecule has 0 fully saturated rings. The van der Waals surface area contributed by atoms with Crippen molar-refractivity contribution in [1.82, 2.24) is 10.6 Å². The van der Waals surface area contributed by atoms with Gasteiger partial charge in [-0.25, -0.2) is 0 Å². The molecule has 0 atom stereocenters. The molecule has 0 aromatic rings. The maximum Gasteiger partial charge on any atom is 0.220 e. The van der Waals surface area contributed by atoms with Crippen LogP contribution in [0.2, 0.25) is 0 Å². The third-order valence-electron chi connectivity index (χ3n) is 2.33. The average Bonchev–Trinajstić information content (AvgIpc) is 2.41. The lowest BCUT2D eigenvalue weighted by molar-refractivity contribution is -0.121. The smallest absolute Gasteiger partial charge is 0.220 e. The quantitative estimate of drug-likeness (QED) is 0.543. The molecule has 0 rings (SSSR count). The molecule has 0 unspecified atom stereocenters. The van der Waals surface area contributed by atoms with E-state index < -0.39 is 0 Å². The molecule has 0 aliphatic heterocycles. The van der Waals surface area contributed by atoms with E-state index in [1.165, 1.54) is 0 Å². The molecule has 0 spiro atoms. The fourth-order valence-electron chi connectivity index (χ4n) is 1.42. The first-order valence-electron chi connectivity index (χ1n) is 7.12. The van der Waals surface area contributed by atoms with Gasteiger partial charge in [-0.05, 0) is 49.0 Å². The van der Waals surface area contributed by atoms with Crippen LogP contribution in [-0.2, 0) is 9.59 Å². The van der Waals surface area contributed by atoms with Gasteiger partial charge < -0.3 is 10.6 Å². The molecule has 6 heteroatoms. The van der Waals surface area contributed by atoms with Crippen LogP contribution in [0.15, 0.2) is 10.8 Å². The summed E-state index contributed by atoms with van der Waals surface area (Å²) in [5.74, 6) is 2.20. The van der Waals surface area contributed by atoms with E-state index in [0.29, 0.717) is 25.9 Å². The molecule has 2 amide bonds. The van der Waals surface area contributed by atoms with Crippen LogP contribution in [0.5, 0.6) is 0 Å². The molecule has 0 aromatic carbocycles. The van der Waals surface area contributed by atoms with Gasteiger partial charge in [0.1, 0.15) is 0 Å². The van der Waals surface area contributed by atoms with Gasteiger partial charge >= 0.3 is 0 Å². The predicted octanol–water partition coefficient (Wildman–Crippen LogP) is 2.76. The van der Waals surface area contributed by atoms with E-state index in [0.717, 1.165) is 24.3 Å². The van der Waals surface area contributed by atoms with Crippen LogP contribution in [-0.4, -0.2) is 36.4 Å². The van der Waals surface area contributed by atoms with Crippen molar-refractivity contribution in [2.45, 2.75) is 39.5 Å². The van der Waals surface area contributed by atoms with Crippen molar-refractivity contribution in [1.29, 1.82) is 0 Å². The molecule has 0 bridgehead atoms. The number of amides is 2. The maximum atomic E-state index is 11.2. The van der Waals surface area contributed by atoms with E-state index in [9.17, 15) is 9.59 Å². The molecule has 20 heavy (non-hydrogen) atoms. The summed E-state index contributed by atoms with van der Waals surface area (Å²) in [5, 5.41) is 9.70. The number of thioether (sulfide) groups is 2. The fraction of sp³-hybridized carbons (Fsp3) is 0.714. The summed E-state index contributed by atoms with van der Waals surface area (Å²) in [5.41, 5.74) is 0. The Labute approximate surface area is 130 Å². The lowest BCUT2D eigenvalue weighted by Gasteiger charge is -2.01. The van der Waals surface area contributed by atoms with Crippen LogP contribution < -0.4 is 10.6 Å². The minimum absolute atomic E-state index is 0.136. The van der Waals surface area contributed by atoms with Crippen LogP contribution in [0.4, 0.5) is 0 Å². The molecule has 0 aliphatic rings. The lowest BCUT2D eigenvalue weighted by Crippen LogP contribution is -2.22. The number of nitrogens with one attached hydrogen (secondary N) is 2. The Hall–Kier alpha value is -0.620. The average molecular weight is 319 g/mol. The zero-order valence-electron chi connectivity index (χ0n) is 12.4. The normalized spacial score (nSPS) is 10.7. The van der Waals surface area contributed by atoms with Crippen LogP contribution in [0, 0.1) is 0 Å². The Kier molecular flexibility index (Phi) is 14.3. The highest BCUT2D eigenvalue weighted by molar-refractivity contribution is 8.05. The third-order valence-corrected chi connectivity index (χ3v) is 4.21. The molecule has 0 radical (unpaired) electrons. The van der Waals surface area contributed by atoms with Gasteiger partial charge in [-0.1, -0.05) is 0 Å². The molecule has 4 nitrogen and oxygen atoms in total. The zero-order valence-corrected chi connectivity index (χ0v) is 14.1. The van der Waals surface area contributed by atoms with E-state index in [1.807, 2.05) is 13.8 Å². The maximum absolute atomic E-state index is 11.2. The van der Waals surface area contributed by atoms with Crippen molar-refractivity contribution in [2.24, 2.45) is 0 Å². The minimum atomic E-state index is 0.136. The molecule has 0 saturated carbocycles. The van der Waals surface area contributed by atoms with Crippen LogP contribution in [0.1, 0.15) is 39.5 Å². The summed E-state index contributed by atoms with van der Waals surface area (Å²) < 4.78 is 0. The second-order valence-electron chi connectivity index (χ2n) is 4.13. The lowest BCUT2D eigenvalue weighted by atomic mass is 10.3. The van der Waals surface area contributed by atoms with Gasteiger partial charge in [0, 0.05) is 25.9 Å². The number of rotatable bonds is 12. The van der Waals surface area contributed by atoms with E-state index in [4.69, 9.17) is 0 Å². The van der Waals surface area contributed by atoms with Gasteiger partial charge in [0.2, 0.25) is 11.8 Å². The number of hydrogen-bond acceptors (Lipinski definition) is 4. The Morgan fingerprint density at radius 1 is 0.850 bits per heavy atom. The monoisotopic (exact) mass is 318 g/mol. The Morgan fingerprint density at radius 2 is 1.25 bits per heavy atom. The van der Waals surface area contributed by atoms with Crippen molar-refractivity contribution in [3.63, 3.8) is 0 Å². The number of carbonyl (C=O) groups excluding carboxylic acids is 2. The van der Waals surface area contributed by atoms with Gasteiger partial charge in [-0.2, -0.15) is 0 Å². The first-order valence-corrected chi connectivity index (χ1v) is 9.22. The van der Waals surface area contributed by atoms with Crippen molar-refractivity contribution in [2.75, 3.05) is 24.6 Å². The summed E-state index contributed by atoms with van der Waals surface area (Å²) >= 11 is 3.45. The molecular weight excluding hydrogens is 292 g/mol. The third kappa shape index (κ3) is 13.8. The second kappa shape index (κ2) is 14.8. The highest BCUT2D eigenvalue weighted by Gasteiger charge is 1.98. The van der Waals surface area contributed by atoms with Crippen molar-refractivity contribution >= 4 is 35.3 Å². The summed E-state index contributed by atoms with van der Waals surface area (Å²) in [6.45, 7) is 5.27. The summed E-state index contributed by atoms with van der Waals surface area (Å²) in [6.07, 6.45) is 3.02. The highest BCUT2D eigenvalue weighted by atomic mass is 32.2. The first kappa shape index (κ1) is 19.4. The minimum Gasteiger partial charge on any atom is -0.356 e. The standard InChI is InChI=1S/C14H26N2O2S2/c1-3-15-13(17)7-5-9-19-11-12-20-10-6-8-14(18)16-4-2/h11-12H,3-10H2,1-2H3,(H,15,17)(H,16,18)/b12-11-. The van der Waals surface area contributed by atoms with E-state index in [2.05, 4.69) is 21.4 Å². The fourth-order valence-corrected chi connectivity index (χ4v) is 2.94. The molecule has 0 aliphatic carbocycles. The molecule has 116 valence electrons. The zero-order chi connectivity index (χ0) is 15.1. The summed E-state index contributed by atoms with van der Waals surface area (Å²) in [6, 6.07) is 0.